The smallest absolute Gasteiger partial charge is 0.322 e. The molecule has 0 atom stereocenters. The van der Waals surface area contributed by atoms with Crippen molar-refractivity contribution in [3.8, 4) is 5.75 Å². The number of carboxylic acids is 1. The molecule has 1 aromatic carbocycles. The van der Waals surface area contributed by atoms with E-state index in [1.165, 1.54) is 16.8 Å². The number of aromatic nitrogens is 3. The van der Waals surface area contributed by atoms with Crippen molar-refractivity contribution in [2.75, 3.05) is 24.5 Å². The predicted octanol–water partition coefficient (Wildman–Crippen LogP) is 3.06. The van der Waals surface area contributed by atoms with Crippen LogP contribution >= 0.6 is 0 Å². The Labute approximate surface area is 210 Å². The van der Waals surface area contributed by atoms with Gasteiger partial charge in [0.25, 0.3) is 5.91 Å². The molecule has 1 amide bonds. The third kappa shape index (κ3) is 6.35. The highest BCUT2D eigenvalue weighted by Crippen LogP contribution is 2.27. The second-order valence-corrected chi connectivity index (χ2v) is 9.35. The van der Waals surface area contributed by atoms with Gasteiger partial charge < -0.3 is 20.4 Å². The minimum atomic E-state index is -1.17. The number of carbonyl (C=O) groups is 2. The van der Waals surface area contributed by atoms with Crippen molar-refractivity contribution in [3.05, 3.63) is 76.6 Å². The maximum atomic E-state index is 12.3. The summed E-state index contributed by atoms with van der Waals surface area (Å²) in [5.41, 5.74) is 4.95. The quantitative estimate of drug-likeness (QED) is 0.440. The molecule has 0 aliphatic carbocycles. The molecular formula is C27H31N5O4. The first-order chi connectivity index (χ1) is 17.3. The molecule has 1 aliphatic rings. The van der Waals surface area contributed by atoms with Gasteiger partial charge in [-0.2, -0.15) is 0 Å². The van der Waals surface area contributed by atoms with Gasteiger partial charge in [-0.25, -0.2) is 9.97 Å². The first kappa shape index (κ1) is 25.1. The molecule has 0 radical (unpaired) electrons. The molecule has 1 fully saturated rings. The number of rotatable bonds is 8. The van der Waals surface area contributed by atoms with Crippen molar-refractivity contribution in [3.63, 3.8) is 0 Å². The lowest BCUT2D eigenvalue weighted by atomic mass is 9.92. The van der Waals surface area contributed by atoms with Crippen molar-refractivity contribution >= 4 is 17.6 Å². The van der Waals surface area contributed by atoms with Gasteiger partial charge in [-0.1, -0.05) is 18.2 Å². The zero-order chi connectivity index (χ0) is 25.7. The van der Waals surface area contributed by atoms with Gasteiger partial charge in [0, 0.05) is 37.6 Å². The summed E-state index contributed by atoms with van der Waals surface area (Å²) in [6, 6.07) is 10.9. The van der Waals surface area contributed by atoms with Crippen molar-refractivity contribution in [2.45, 2.75) is 39.5 Å². The van der Waals surface area contributed by atoms with E-state index in [2.05, 4.69) is 62.4 Å². The van der Waals surface area contributed by atoms with E-state index in [0.29, 0.717) is 23.9 Å². The van der Waals surface area contributed by atoms with Crippen LogP contribution in [0, 0.1) is 19.8 Å². The van der Waals surface area contributed by atoms with Gasteiger partial charge in [-0.05, 0) is 67.9 Å². The molecule has 1 aliphatic heterocycles. The molecule has 2 aromatic heterocycles. The van der Waals surface area contributed by atoms with Crippen LogP contribution in [-0.4, -0.2) is 56.7 Å². The lowest BCUT2D eigenvalue weighted by molar-refractivity contribution is -0.135. The average molecular weight is 490 g/mol. The lowest BCUT2D eigenvalue weighted by Crippen LogP contribution is -2.34. The van der Waals surface area contributed by atoms with Crippen LogP contribution in [-0.2, 0) is 17.6 Å². The average Bonchev–Trinajstić information content (AvgIpc) is 2.85. The first-order valence-electron chi connectivity index (χ1n) is 12.1. The van der Waals surface area contributed by atoms with Crippen LogP contribution in [0.4, 0.5) is 5.69 Å². The number of hydrogen-bond acceptors (Lipinski definition) is 7. The molecule has 3 aromatic rings. The number of carbonyl (C=O) groups excluding carboxylic acids is 1. The molecule has 36 heavy (non-hydrogen) atoms. The number of nitrogens with one attached hydrogen (secondary N) is 1. The topological polar surface area (TPSA) is 129 Å². The minimum absolute atomic E-state index is 0.183. The van der Waals surface area contributed by atoms with Gasteiger partial charge >= 0.3 is 5.97 Å². The van der Waals surface area contributed by atoms with Crippen molar-refractivity contribution in [1.82, 2.24) is 20.3 Å². The molecule has 9 nitrogen and oxygen atoms in total. The van der Waals surface area contributed by atoms with Crippen molar-refractivity contribution in [1.29, 1.82) is 0 Å². The summed E-state index contributed by atoms with van der Waals surface area (Å²) in [7, 11) is 0. The van der Waals surface area contributed by atoms with Gasteiger partial charge in [0.15, 0.2) is 11.4 Å². The second-order valence-electron chi connectivity index (χ2n) is 9.35. The molecule has 4 rings (SSSR count). The number of benzene rings is 1. The number of pyridine rings is 1. The second kappa shape index (κ2) is 11.2. The third-order valence-corrected chi connectivity index (χ3v) is 6.45. The van der Waals surface area contributed by atoms with E-state index in [1.54, 1.807) is 6.92 Å². The van der Waals surface area contributed by atoms with Crippen LogP contribution in [0.1, 0.15) is 51.5 Å². The number of aromatic hydroxyl groups is 1. The molecule has 0 saturated carbocycles. The van der Waals surface area contributed by atoms with Crippen LogP contribution in [0.5, 0.6) is 5.75 Å². The monoisotopic (exact) mass is 489 g/mol. The maximum Gasteiger partial charge on any atom is 0.322 e. The Balaban J connectivity index is 1.33. The van der Waals surface area contributed by atoms with Crippen LogP contribution < -0.4 is 10.2 Å². The molecule has 9 heteroatoms. The van der Waals surface area contributed by atoms with E-state index in [1.807, 2.05) is 12.4 Å². The van der Waals surface area contributed by atoms with Gasteiger partial charge in [-0.15, -0.1) is 0 Å². The minimum Gasteiger partial charge on any atom is -0.504 e. The van der Waals surface area contributed by atoms with E-state index >= 15 is 0 Å². The zero-order valence-corrected chi connectivity index (χ0v) is 20.6. The van der Waals surface area contributed by atoms with E-state index in [4.69, 9.17) is 5.11 Å². The van der Waals surface area contributed by atoms with E-state index in [0.717, 1.165) is 37.9 Å². The van der Waals surface area contributed by atoms with E-state index in [-0.39, 0.29) is 11.4 Å². The molecule has 3 N–H and O–H groups in total. The molecule has 188 valence electrons. The lowest BCUT2D eigenvalue weighted by Gasteiger charge is -2.33. The van der Waals surface area contributed by atoms with Crippen LogP contribution in [0.25, 0.3) is 0 Å². The summed E-state index contributed by atoms with van der Waals surface area (Å²) in [6.45, 7) is 4.94. The zero-order valence-electron chi connectivity index (χ0n) is 20.6. The fourth-order valence-electron chi connectivity index (χ4n) is 4.54. The number of anilines is 1. The summed E-state index contributed by atoms with van der Waals surface area (Å²) in [5, 5.41) is 21.2. The van der Waals surface area contributed by atoms with Gasteiger partial charge in [-0.3, -0.25) is 14.6 Å². The summed E-state index contributed by atoms with van der Waals surface area (Å²) < 4.78 is 0. The van der Waals surface area contributed by atoms with E-state index in [9.17, 15) is 14.7 Å². The van der Waals surface area contributed by atoms with E-state index < -0.39 is 18.4 Å². The largest absolute Gasteiger partial charge is 0.504 e. The summed E-state index contributed by atoms with van der Waals surface area (Å²) in [6.07, 6.45) is 7.15. The van der Waals surface area contributed by atoms with Crippen molar-refractivity contribution < 1.29 is 19.8 Å². The molecule has 0 unspecified atom stereocenters. The fraction of sp³-hybridized carbons (Fsp3) is 0.370. The van der Waals surface area contributed by atoms with Crippen molar-refractivity contribution in [2.24, 2.45) is 5.92 Å². The Hall–Kier alpha value is -4.01. The highest BCUT2D eigenvalue weighted by atomic mass is 16.4. The Morgan fingerprint density at radius 2 is 1.78 bits per heavy atom. The summed E-state index contributed by atoms with van der Waals surface area (Å²) >= 11 is 0. The highest BCUT2D eigenvalue weighted by Gasteiger charge is 2.23. The molecule has 1 saturated heterocycles. The van der Waals surface area contributed by atoms with Gasteiger partial charge in [0.2, 0.25) is 0 Å². The Kier molecular flexibility index (Phi) is 7.77. The number of amides is 1. The normalized spacial score (nSPS) is 14.0. The van der Waals surface area contributed by atoms with Crippen LogP contribution in [0.2, 0.25) is 0 Å². The van der Waals surface area contributed by atoms with Gasteiger partial charge in [0.05, 0.1) is 5.69 Å². The molecule has 3 heterocycles. The molecular weight excluding hydrogens is 458 g/mol. The number of piperidine rings is 1. The molecule has 0 spiro atoms. The third-order valence-electron chi connectivity index (χ3n) is 6.45. The van der Waals surface area contributed by atoms with Gasteiger partial charge in [0.1, 0.15) is 12.4 Å². The number of aryl methyl sites for hydroxylation is 2. The highest BCUT2D eigenvalue weighted by molar-refractivity contribution is 5.96. The summed E-state index contributed by atoms with van der Waals surface area (Å²) in [4.78, 5) is 38.3. The maximum absolute atomic E-state index is 12.3. The summed E-state index contributed by atoms with van der Waals surface area (Å²) in [5.74, 6) is -1.37. The SMILES string of the molecule is Cc1cncc(Cc2ccc(N3CCC(Cc4nc(C)c(O)c(C(=O)NCC(=O)O)n4)CC3)cc2)c1. The Morgan fingerprint density at radius 3 is 2.44 bits per heavy atom. The fourth-order valence-corrected chi connectivity index (χ4v) is 4.54. The van der Waals surface area contributed by atoms with Crippen LogP contribution in [0.3, 0.4) is 0 Å². The Bertz CT molecular complexity index is 1240. The molecule has 0 bridgehead atoms. The number of hydrogen-bond donors (Lipinski definition) is 3. The number of nitrogens with zero attached hydrogens (tertiary/aromatic N) is 4. The number of aliphatic carboxylic acids is 1. The standard InChI is InChI=1S/C27H31N5O4/c1-17-11-21(15-28-14-17)12-19-3-5-22(6-4-19)32-9-7-20(8-10-32)13-23-30-18(2)26(35)25(31-23)27(36)29-16-24(33)34/h3-6,11,14-15,20,35H,7-10,12-13,16H2,1-2H3,(H,29,36)(H,33,34). The Morgan fingerprint density at radius 1 is 1.06 bits per heavy atom. The van der Waals surface area contributed by atoms with Crippen LogP contribution in [0.15, 0.2) is 42.7 Å². The number of carboxylic acid groups (broad SMARTS) is 1. The predicted molar refractivity (Wildman–Crippen MR) is 135 cm³/mol. The first-order valence-corrected chi connectivity index (χ1v) is 12.1.